The number of ether oxygens (including phenoxy) is 2. The van der Waals surface area contributed by atoms with Crippen LogP contribution in [0.3, 0.4) is 0 Å². The standard InChI is InChI=1S/C91H56B3N7O2S/c1-104-101-81-53-86-70(51-68(81)93-66-35-15-23-43-80(66)97(55-26-6-3-7-27-55)83-46-57(47-84(101)90(83)93)99-75-38-18-10-30-61(75)62-31-11-19-39-76(62)99)94-69-50-67-71(52-85(69)102-87-48-58(49-88(103-86)91(87)94)100-77-40-20-12-32-63(77)64-33-13-21-41-78(64)100)95-72-44-56(98-73-36-16-8-28-59(73)60-29-9-17-37-74(60)98)45-82-89(72)92(67)65-34-14-22-42-79(65)96(82)54-24-4-2-5-25-54/h2-53,95H,1H3. The van der Waals surface area contributed by atoms with Crippen LogP contribution in [0, 0.1) is 0 Å². The predicted molar refractivity (Wildman–Crippen MR) is 438 cm³/mol. The molecule has 6 aliphatic heterocycles. The fraction of sp³-hybridized carbons (Fsp3) is 0.0110. The first kappa shape index (κ1) is 56.8. The van der Waals surface area contributed by atoms with Crippen LogP contribution in [0.2, 0.25) is 0 Å². The van der Waals surface area contributed by atoms with Crippen LogP contribution < -0.4 is 78.1 Å². The molecule has 24 rings (SSSR count). The molecule has 13 heteroatoms. The predicted octanol–water partition coefficient (Wildman–Crippen LogP) is 17.1. The second kappa shape index (κ2) is 21.1. The maximum Gasteiger partial charge on any atom is 0.260 e. The highest BCUT2D eigenvalue weighted by molar-refractivity contribution is 8.00. The van der Waals surface area contributed by atoms with E-state index in [1.54, 1.807) is 11.9 Å². The molecule has 0 aliphatic carbocycles. The Kier molecular flexibility index (Phi) is 11.5. The molecule has 0 saturated heterocycles. The number of aromatic nitrogens is 3. The first-order valence-electron chi connectivity index (χ1n) is 35.8. The van der Waals surface area contributed by atoms with E-state index >= 15 is 0 Å². The third kappa shape index (κ3) is 7.62. The zero-order valence-corrected chi connectivity index (χ0v) is 57.0. The number of benzene rings is 15. The van der Waals surface area contributed by atoms with Crippen LogP contribution in [-0.2, 0) is 0 Å². The summed E-state index contributed by atoms with van der Waals surface area (Å²) in [7, 11) is 0. The number of anilines is 10. The van der Waals surface area contributed by atoms with Crippen LogP contribution in [0.1, 0.15) is 0 Å². The summed E-state index contributed by atoms with van der Waals surface area (Å²) in [5.41, 5.74) is 31.7. The van der Waals surface area contributed by atoms with Gasteiger partial charge in [0.05, 0.1) is 61.5 Å². The van der Waals surface area contributed by atoms with E-state index in [0.717, 1.165) is 146 Å². The number of rotatable bonds is 6. The maximum atomic E-state index is 7.74. The van der Waals surface area contributed by atoms with E-state index in [-0.39, 0.29) is 20.1 Å². The van der Waals surface area contributed by atoms with Gasteiger partial charge in [-0.25, -0.2) is 0 Å². The molecule has 18 aromatic rings. The lowest BCUT2D eigenvalue weighted by molar-refractivity contribution is 0.464. The highest BCUT2D eigenvalue weighted by Gasteiger charge is 2.49. The van der Waals surface area contributed by atoms with E-state index in [1.807, 2.05) is 0 Å². The summed E-state index contributed by atoms with van der Waals surface area (Å²) in [4.78, 5) is 4.99. The lowest BCUT2D eigenvalue weighted by Gasteiger charge is -2.44. The third-order valence-corrected chi connectivity index (χ3v) is 23.9. The summed E-state index contributed by atoms with van der Waals surface area (Å²) >= 11 is 1.74. The average Bonchev–Trinajstić information content (AvgIpc) is 0.710. The van der Waals surface area contributed by atoms with Gasteiger partial charge in [0.15, 0.2) is 0 Å². The van der Waals surface area contributed by atoms with Gasteiger partial charge in [-0.05, 0) is 153 Å². The second-order valence-corrected chi connectivity index (χ2v) is 29.0. The lowest BCUT2D eigenvalue weighted by atomic mass is 9.29. The van der Waals surface area contributed by atoms with E-state index in [0.29, 0.717) is 0 Å². The Bertz CT molecular complexity index is 6690. The monoisotopic (exact) mass is 1340 g/mol. The van der Waals surface area contributed by atoms with Crippen LogP contribution in [0.15, 0.2) is 315 Å². The molecule has 9 heterocycles. The van der Waals surface area contributed by atoms with E-state index in [1.165, 1.54) is 65.1 Å². The molecule has 0 fully saturated rings. The molecule has 1 N–H and O–H groups in total. The Morgan fingerprint density at radius 2 is 0.635 bits per heavy atom. The molecule has 0 amide bonds. The molecule has 3 aromatic heterocycles. The van der Waals surface area contributed by atoms with Crippen LogP contribution in [0.25, 0.3) is 82.5 Å². The van der Waals surface area contributed by atoms with Crippen molar-refractivity contribution in [2.45, 2.75) is 0 Å². The number of nitrogens with one attached hydrogen (secondary N) is 1. The van der Waals surface area contributed by atoms with E-state index in [4.69, 9.17) is 9.47 Å². The lowest BCUT2D eigenvalue weighted by Crippen LogP contribution is -2.65. The van der Waals surface area contributed by atoms with Gasteiger partial charge in [-0.1, -0.05) is 194 Å². The van der Waals surface area contributed by atoms with E-state index in [9.17, 15) is 0 Å². The number of fused-ring (bicyclic) bond motifs is 21. The van der Waals surface area contributed by atoms with Gasteiger partial charge < -0.3 is 38.3 Å². The van der Waals surface area contributed by atoms with E-state index in [2.05, 4.69) is 355 Å². The van der Waals surface area contributed by atoms with Crippen LogP contribution >= 0.6 is 11.9 Å². The Hall–Kier alpha value is -13.0. The SMILES string of the molecule is CSN1c2cc3c(cc2B2c4ccccc4N(c4ccccc4)c4cc(-n5c6ccccc6c6ccccc65)cc1c42)B1c2cc4c(cc2Oc2cc(-n5c6ccccc6c6ccccc65)cc(c21)O3)Nc1cc(-n2c3ccccc3c3ccccc32)cc2c1B4c1ccccc1N2c1ccccc1. The minimum absolute atomic E-state index is 0.157. The van der Waals surface area contributed by atoms with Crippen molar-refractivity contribution in [2.75, 3.05) is 25.7 Å². The van der Waals surface area contributed by atoms with Crippen molar-refractivity contribution in [3.05, 3.63) is 315 Å². The first-order valence-corrected chi connectivity index (χ1v) is 37.0. The summed E-state index contributed by atoms with van der Waals surface area (Å²) in [6.45, 7) is -0.629. The molecule has 0 bridgehead atoms. The van der Waals surface area contributed by atoms with Gasteiger partial charge in [0.1, 0.15) is 23.0 Å². The van der Waals surface area contributed by atoms with Crippen molar-refractivity contribution in [3.63, 3.8) is 0 Å². The van der Waals surface area contributed by atoms with Crippen molar-refractivity contribution in [1.29, 1.82) is 0 Å². The summed E-state index contributed by atoms with van der Waals surface area (Å²) in [6, 6.07) is 117. The minimum Gasteiger partial charge on any atom is -0.458 e. The van der Waals surface area contributed by atoms with Crippen LogP contribution in [0.4, 0.5) is 56.9 Å². The molecule has 0 saturated carbocycles. The van der Waals surface area contributed by atoms with Crippen molar-refractivity contribution in [3.8, 4) is 40.1 Å². The number of para-hydroxylation sites is 10. The molecule has 9 nitrogen and oxygen atoms in total. The highest BCUT2D eigenvalue weighted by atomic mass is 32.2. The van der Waals surface area contributed by atoms with Gasteiger partial charge in [-0.15, -0.1) is 0 Å². The van der Waals surface area contributed by atoms with Gasteiger partial charge in [0, 0.05) is 114 Å². The summed E-state index contributed by atoms with van der Waals surface area (Å²) in [6.07, 6.45) is 2.22. The Balaban J connectivity index is 0.756. The van der Waals surface area contributed by atoms with Crippen LogP contribution in [-0.4, -0.2) is 40.1 Å². The molecule has 6 aliphatic rings. The third-order valence-electron chi connectivity index (χ3n) is 23.1. The van der Waals surface area contributed by atoms with Gasteiger partial charge in [-0.2, -0.15) is 0 Å². The Morgan fingerprint density at radius 3 is 1.12 bits per heavy atom. The highest BCUT2D eigenvalue weighted by Crippen LogP contribution is 2.50. The minimum atomic E-state index is -0.311. The first-order chi connectivity index (χ1) is 51.6. The van der Waals surface area contributed by atoms with Gasteiger partial charge in [0.2, 0.25) is 0 Å². The van der Waals surface area contributed by atoms with Gasteiger partial charge >= 0.3 is 0 Å². The van der Waals surface area contributed by atoms with Crippen molar-refractivity contribution in [1.82, 2.24) is 13.7 Å². The number of hydrogen-bond acceptors (Lipinski definition) is 7. The topological polar surface area (TPSA) is 55.0 Å². The zero-order chi connectivity index (χ0) is 67.7. The van der Waals surface area contributed by atoms with Crippen molar-refractivity contribution in [2.24, 2.45) is 0 Å². The molecular weight excluding hydrogens is 1290 g/mol. The van der Waals surface area contributed by atoms with Crippen LogP contribution in [0.5, 0.6) is 23.0 Å². The summed E-state index contributed by atoms with van der Waals surface area (Å²) < 4.78 is 25.2. The molecule has 0 unspecified atom stereocenters. The molecule has 0 atom stereocenters. The van der Waals surface area contributed by atoms with Crippen molar-refractivity contribution < 1.29 is 9.47 Å². The zero-order valence-electron chi connectivity index (χ0n) is 56.2. The van der Waals surface area contributed by atoms with Gasteiger partial charge in [-0.3, -0.25) is 4.31 Å². The second-order valence-electron chi connectivity index (χ2n) is 28.3. The quantitative estimate of drug-likeness (QED) is 0.131. The number of nitrogens with zero attached hydrogens (tertiary/aromatic N) is 6. The molecular formula is C91H56B3N7O2S. The summed E-state index contributed by atoms with van der Waals surface area (Å²) in [5.74, 6) is 3.17. The average molecular weight is 1340 g/mol. The summed E-state index contributed by atoms with van der Waals surface area (Å²) in [5, 5.41) is 11.5. The maximum absolute atomic E-state index is 7.74. The smallest absolute Gasteiger partial charge is 0.260 e. The Morgan fingerprint density at radius 1 is 0.260 bits per heavy atom. The molecule has 104 heavy (non-hydrogen) atoms. The molecule has 0 radical (unpaired) electrons. The fourth-order valence-electron chi connectivity index (χ4n) is 19.1. The Labute approximate surface area is 604 Å². The molecule has 482 valence electrons. The molecule has 0 spiro atoms. The number of hydrogen-bond donors (Lipinski definition) is 1. The van der Waals surface area contributed by atoms with E-state index < -0.39 is 0 Å². The normalized spacial score (nSPS) is 13.8. The fourth-order valence-corrected chi connectivity index (χ4v) is 19.8. The largest absolute Gasteiger partial charge is 0.458 e. The van der Waals surface area contributed by atoms with Gasteiger partial charge in [0.25, 0.3) is 20.1 Å². The van der Waals surface area contributed by atoms with Crippen molar-refractivity contribution >= 4 is 204 Å². The molecule has 15 aromatic carbocycles.